The number of anilines is 1. The number of amides is 1. The molecule has 0 spiro atoms. The third-order valence-corrected chi connectivity index (χ3v) is 4.73. The van der Waals surface area contributed by atoms with Crippen molar-refractivity contribution in [2.24, 2.45) is 0 Å². The van der Waals surface area contributed by atoms with Gasteiger partial charge in [-0.15, -0.1) is 23.1 Å². The number of hydrogen-bond acceptors (Lipinski definition) is 5. The van der Waals surface area contributed by atoms with Crippen molar-refractivity contribution in [1.82, 2.24) is 5.16 Å². The van der Waals surface area contributed by atoms with Gasteiger partial charge in [-0.3, -0.25) is 4.79 Å². The van der Waals surface area contributed by atoms with Gasteiger partial charge in [-0.05, 0) is 29.8 Å². The summed E-state index contributed by atoms with van der Waals surface area (Å²) in [5.41, 5.74) is 1.45. The fourth-order valence-corrected chi connectivity index (χ4v) is 3.26. The summed E-state index contributed by atoms with van der Waals surface area (Å²) < 4.78 is 5.28. The van der Waals surface area contributed by atoms with Gasteiger partial charge in [-0.25, -0.2) is 0 Å². The molecular formula is C16H14N2O2S2. The molecule has 2 aromatic heterocycles. The van der Waals surface area contributed by atoms with E-state index in [2.05, 4.69) is 10.5 Å². The minimum atomic E-state index is -0.104. The van der Waals surface area contributed by atoms with Crippen molar-refractivity contribution >= 4 is 34.7 Å². The number of aromatic nitrogens is 1. The maximum absolute atomic E-state index is 12.1. The number of carbonyl (C=O) groups is 1. The lowest BCUT2D eigenvalue weighted by Crippen LogP contribution is -2.15. The monoisotopic (exact) mass is 330 g/mol. The average Bonchev–Trinajstić information content (AvgIpc) is 3.18. The van der Waals surface area contributed by atoms with Crippen LogP contribution in [0.3, 0.4) is 0 Å². The highest BCUT2D eigenvalue weighted by Gasteiger charge is 2.12. The second-order valence-electron chi connectivity index (χ2n) is 4.59. The summed E-state index contributed by atoms with van der Waals surface area (Å²) in [6.45, 7) is 0. The fourth-order valence-electron chi connectivity index (χ4n) is 2.04. The summed E-state index contributed by atoms with van der Waals surface area (Å²) in [4.78, 5) is 14.2. The predicted octanol–water partition coefficient (Wildman–Crippen LogP) is 4.31. The summed E-state index contributed by atoms with van der Waals surface area (Å²) in [6, 6.07) is 13.4. The smallest absolute Gasteiger partial charge is 0.230 e. The Labute approximate surface area is 136 Å². The lowest BCUT2D eigenvalue weighted by atomic mass is 10.2. The summed E-state index contributed by atoms with van der Waals surface area (Å²) in [5, 5.41) is 8.85. The zero-order valence-corrected chi connectivity index (χ0v) is 13.5. The molecule has 0 aliphatic carbocycles. The van der Waals surface area contributed by atoms with Crippen LogP contribution in [-0.2, 0) is 11.2 Å². The molecule has 6 heteroatoms. The highest BCUT2D eigenvalue weighted by atomic mass is 32.2. The zero-order chi connectivity index (χ0) is 15.4. The van der Waals surface area contributed by atoms with E-state index in [1.807, 2.05) is 54.1 Å². The Balaban J connectivity index is 1.67. The van der Waals surface area contributed by atoms with Crippen molar-refractivity contribution in [2.45, 2.75) is 11.3 Å². The lowest BCUT2D eigenvalue weighted by Gasteiger charge is -2.08. The zero-order valence-electron chi connectivity index (χ0n) is 11.9. The number of thioether (sulfide) groups is 1. The van der Waals surface area contributed by atoms with Crippen LogP contribution >= 0.6 is 23.1 Å². The van der Waals surface area contributed by atoms with Crippen molar-refractivity contribution in [1.29, 1.82) is 0 Å². The topological polar surface area (TPSA) is 55.1 Å². The molecule has 3 aromatic rings. The molecule has 1 amide bonds. The second-order valence-corrected chi connectivity index (χ2v) is 6.38. The molecule has 0 atom stereocenters. The van der Waals surface area contributed by atoms with Crippen molar-refractivity contribution < 1.29 is 9.32 Å². The van der Waals surface area contributed by atoms with Gasteiger partial charge in [0.25, 0.3) is 0 Å². The Kier molecular flexibility index (Phi) is 4.60. The van der Waals surface area contributed by atoms with E-state index in [1.54, 1.807) is 23.1 Å². The summed E-state index contributed by atoms with van der Waals surface area (Å²) in [6.07, 6.45) is 2.17. The number of benzene rings is 1. The van der Waals surface area contributed by atoms with Crippen LogP contribution in [0.2, 0.25) is 0 Å². The molecule has 112 valence electrons. The number of hydrogen-bond donors (Lipinski definition) is 1. The Morgan fingerprint density at radius 1 is 1.32 bits per heavy atom. The third-order valence-electron chi connectivity index (χ3n) is 3.05. The van der Waals surface area contributed by atoms with Crippen molar-refractivity contribution in [2.75, 3.05) is 11.6 Å². The molecule has 1 N–H and O–H groups in total. The van der Waals surface area contributed by atoms with Gasteiger partial charge in [-0.1, -0.05) is 23.4 Å². The quantitative estimate of drug-likeness (QED) is 0.708. The SMILES string of the molecule is CSc1ccccc1NC(=O)Cc1cc(-c2cccs2)on1. The first kappa shape index (κ1) is 14.9. The number of carbonyl (C=O) groups excluding carboxylic acids is 1. The van der Waals surface area contributed by atoms with Gasteiger partial charge in [0.05, 0.1) is 22.7 Å². The number of nitrogens with zero attached hydrogens (tertiary/aromatic N) is 1. The fraction of sp³-hybridized carbons (Fsp3) is 0.125. The van der Waals surface area contributed by atoms with Crippen LogP contribution < -0.4 is 5.32 Å². The number of nitrogens with one attached hydrogen (secondary N) is 1. The molecule has 3 rings (SSSR count). The van der Waals surface area contributed by atoms with Gasteiger partial charge in [0, 0.05) is 11.0 Å². The van der Waals surface area contributed by atoms with E-state index in [4.69, 9.17) is 4.52 Å². The largest absolute Gasteiger partial charge is 0.355 e. The molecule has 0 unspecified atom stereocenters. The van der Waals surface area contributed by atoms with Crippen LogP contribution in [0.1, 0.15) is 5.69 Å². The molecule has 0 aliphatic rings. The van der Waals surface area contributed by atoms with E-state index < -0.39 is 0 Å². The Bertz CT molecular complexity index is 766. The highest BCUT2D eigenvalue weighted by Crippen LogP contribution is 2.26. The number of para-hydroxylation sites is 1. The van der Waals surface area contributed by atoms with E-state index in [9.17, 15) is 4.79 Å². The number of thiophene rings is 1. The molecule has 0 bridgehead atoms. The van der Waals surface area contributed by atoms with Gasteiger partial charge in [0.2, 0.25) is 5.91 Å². The van der Waals surface area contributed by atoms with E-state index >= 15 is 0 Å². The van der Waals surface area contributed by atoms with Crippen LogP contribution in [0.4, 0.5) is 5.69 Å². The van der Waals surface area contributed by atoms with Crippen LogP contribution in [0, 0.1) is 0 Å². The van der Waals surface area contributed by atoms with Gasteiger partial charge in [-0.2, -0.15) is 0 Å². The van der Waals surface area contributed by atoms with Crippen LogP contribution in [0.5, 0.6) is 0 Å². The minimum Gasteiger partial charge on any atom is -0.355 e. The van der Waals surface area contributed by atoms with E-state index in [0.717, 1.165) is 15.5 Å². The molecule has 1 aromatic carbocycles. The van der Waals surface area contributed by atoms with Crippen molar-refractivity contribution in [3.8, 4) is 10.6 Å². The van der Waals surface area contributed by atoms with E-state index in [-0.39, 0.29) is 12.3 Å². The van der Waals surface area contributed by atoms with Gasteiger partial charge in [0.1, 0.15) is 0 Å². The van der Waals surface area contributed by atoms with E-state index in [1.165, 1.54) is 0 Å². The maximum atomic E-state index is 12.1. The van der Waals surface area contributed by atoms with Crippen molar-refractivity contribution in [3.05, 3.63) is 53.5 Å². The molecule has 4 nitrogen and oxygen atoms in total. The first-order chi connectivity index (χ1) is 10.8. The Morgan fingerprint density at radius 3 is 2.95 bits per heavy atom. The third kappa shape index (κ3) is 3.40. The van der Waals surface area contributed by atoms with Crippen LogP contribution in [0.25, 0.3) is 10.6 Å². The average molecular weight is 330 g/mol. The maximum Gasteiger partial charge on any atom is 0.230 e. The first-order valence-corrected chi connectivity index (χ1v) is 8.79. The molecule has 22 heavy (non-hydrogen) atoms. The Morgan fingerprint density at radius 2 is 2.18 bits per heavy atom. The first-order valence-electron chi connectivity index (χ1n) is 6.68. The van der Waals surface area contributed by atoms with Crippen LogP contribution in [-0.4, -0.2) is 17.3 Å². The van der Waals surface area contributed by atoms with Crippen LogP contribution in [0.15, 0.2) is 57.3 Å². The second kappa shape index (κ2) is 6.81. The highest BCUT2D eigenvalue weighted by molar-refractivity contribution is 7.98. The van der Waals surface area contributed by atoms with Crippen molar-refractivity contribution in [3.63, 3.8) is 0 Å². The summed E-state index contributed by atoms with van der Waals surface area (Å²) in [7, 11) is 0. The predicted molar refractivity (Wildman–Crippen MR) is 90.4 cm³/mol. The molecule has 0 aliphatic heterocycles. The number of rotatable bonds is 5. The molecule has 0 radical (unpaired) electrons. The Hall–Kier alpha value is -2.05. The van der Waals surface area contributed by atoms with Gasteiger partial charge < -0.3 is 9.84 Å². The molecule has 0 saturated carbocycles. The van der Waals surface area contributed by atoms with E-state index in [0.29, 0.717) is 11.5 Å². The lowest BCUT2D eigenvalue weighted by molar-refractivity contribution is -0.115. The normalized spacial score (nSPS) is 10.6. The molecule has 2 heterocycles. The minimum absolute atomic E-state index is 0.104. The summed E-state index contributed by atoms with van der Waals surface area (Å²) in [5.74, 6) is 0.592. The van der Waals surface area contributed by atoms with Gasteiger partial charge in [0.15, 0.2) is 5.76 Å². The molecular weight excluding hydrogens is 316 g/mol. The standard InChI is InChI=1S/C16H14N2O2S2/c1-21-14-6-3-2-5-12(14)17-16(19)10-11-9-13(20-18-11)15-7-4-8-22-15/h2-9H,10H2,1H3,(H,17,19). The summed E-state index contributed by atoms with van der Waals surface area (Å²) >= 11 is 3.18. The van der Waals surface area contributed by atoms with Gasteiger partial charge >= 0.3 is 0 Å². The molecule has 0 saturated heterocycles. The molecule has 0 fully saturated rings.